The second kappa shape index (κ2) is 5.14. The van der Waals surface area contributed by atoms with Crippen molar-refractivity contribution in [3.05, 3.63) is 21.1 Å². The smallest absolute Gasteiger partial charge is 0.304 e. The van der Waals surface area contributed by atoms with Crippen molar-refractivity contribution in [2.24, 2.45) is 0 Å². The number of carbonyl (C=O) groups is 1. The van der Waals surface area contributed by atoms with Gasteiger partial charge in [-0.05, 0) is 26.2 Å². The van der Waals surface area contributed by atoms with Crippen molar-refractivity contribution in [2.75, 3.05) is 18.1 Å². The first-order valence-electron chi connectivity index (χ1n) is 6.75. The maximum absolute atomic E-state index is 11.5. The molecule has 108 valence electrons. The third kappa shape index (κ3) is 2.20. The number of Topliss-reactive ketones (excluding diaryl/α,β-unsaturated/α-hetero) is 1. The molecule has 0 aromatic carbocycles. The van der Waals surface area contributed by atoms with Crippen molar-refractivity contribution >= 4 is 27.8 Å². The molecule has 2 aliphatic rings. The lowest BCUT2D eigenvalue weighted by Crippen LogP contribution is -2.48. The van der Waals surface area contributed by atoms with Gasteiger partial charge in [-0.25, -0.2) is 0 Å². The lowest BCUT2D eigenvalue weighted by atomic mass is 10.1. The Labute approximate surface area is 120 Å². The van der Waals surface area contributed by atoms with Crippen molar-refractivity contribution in [2.45, 2.75) is 38.3 Å². The molecule has 1 aromatic rings. The zero-order valence-corrected chi connectivity index (χ0v) is 12.0. The summed E-state index contributed by atoms with van der Waals surface area (Å²) in [6, 6.07) is 1.61. The molecule has 0 spiro atoms. The number of ether oxygens (including phenoxy) is 1. The van der Waals surface area contributed by atoms with Crippen LogP contribution in [0.3, 0.4) is 0 Å². The second-order valence-corrected chi connectivity index (χ2v) is 6.25. The number of morpholine rings is 1. The van der Waals surface area contributed by atoms with Gasteiger partial charge in [0.2, 0.25) is 0 Å². The molecule has 2 atom stereocenters. The number of ketones is 1. The predicted molar refractivity (Wildman–Crippen MR) is 75.7 cm³/mol. The summed E-state index contributed by atoms with van der Waals surface area (Å²) in [5.74, 6) is -0.124. The van der Waals surface area contributed by atoms with Crippen LogP contribution in [0, 0.1) is 10.1 Å². The largest absolute Gasteiger partial charge is 0.374 e. The minimum atomic E-state index is -0.391. The fourth-order valence-electron chi connectivity index (χ4n) is 3.06. The third-order valence-electron chi connectivity index (χ3n) is 3.98. The average Bonchev–Trinajstić information content (AvgIpc) is 3.04. The van der Waals surface area contributed by atoms with Gasteiger partial charge in [-0.2, -0.15) is 0 Å². The molecule has 1 aromatic heterocycles. The molecular formula is C13H16N2O4S. The molecule has 2 unspecified atom stereocenters. The van der Waals surface area contributed by atoms with Crippen molar-refractivity contribution in [3.8, 4) is 0 Å². The van der Waals surface area contributed by atoms with Gasteiger partial charge in [-0.1, -0.05) is 0 Å². The molecule has 0 amide bonds. The Kier molecular flexibility index (Phi) is 3.47. The van der Waals surface area contributed by atoms with Crippen LogP contribution in [0.5, 0.6) is 0 Å². The van der Waals surface area contributed by atoms with Crippen molar-refractivity contribution in [3.63, 3.8) is 0 Å². The first-order valence-corrected chi connectivity index (χ1v) is 7.57. The normalized spacial score (nSPS) is 25.6. The Bertz CT molecular complexity index is 557. The molecule has 6 nitrogen and oxygen atoms in total. The monoisotopic (exact) mass is 296 g/mol. The molecule has 2 heterocycles. The number of nitro groups is 1. The Hall–Kier alpha value is -1.47. The summed E-state index contributed by atoms with van der Waals surface area (Å²) < 4.78 is 5.73. The van der Waals surface area contributed by atoms with Gasteiger partial charge in [0.05, 0.1) is 28.6 Å². The fraction of sp³-hybridized carbons (Fsp3) is 0.615. The van der Waals surface area contributed by atoms with E-state index in [4.69, 9.17) is 4.74 Å². The van der Waals surface area contributed by atoms with Crippen LogP contribution in [0.1, 0.15) is 35.9 Å². The van der Waals surface area contributed by atoms with E-state index < -0.39 is 4.92 Å². The Morgan fingerprint density at radius 2 is 2.35 bits per heavy atom. The highest BCUT2D eigenvalue weighted by Gasteiger charge is 2.39. The lowest BCUT2D eigenvalue weighted by Gasteiger charge is -2.37. The van der Waals surface area contributed by atoms with E-state index in [-0.39, 0.29) is 23.6 Å². The van der Waals surface area contributed by atoms with Crippen molar-refractivity contribution in [1.29, 1.82) is 0 Å². The number of hydrogen-bond donors (Lipinski definition) is 0. The van der Waals surface area contributed by atoms with Crippen molar-refractivity contribution in [1.82, 2.24) is 0 Å². The van der Waals surface area contributed by atoms with Crippen LogP contribution < -0.4 is 4.90 Å². The van der Waals surface area contributed by atoms with Gasteiger partial charge < -0.3 is 9.64 Å². The molecule has 1 aliphatic heterocycles. The number of carbonyl (C=O) groups excluding carboxylic acids is 1. The van der Waals surface area contributed by atoms with Crippen LogP contribution >= 0.6 is 11.3 Å². The topological polar surface area (TPSA) is 72.7 Å². The van der Waals surface area contributed by atoms with Crippen LogP contribution in [0.15, 0.2) is 6.07 Å². The highest BCUT2D eigenvalue weighted by molar-refractivity contribution is 7.18. The summed E-state index contributed by atoms with van der Waals surface area (Å²) >= 11 is 1.23. The van der Waals surface area contributed by atoms with E-state index in [0.717, 1.165) is 19.3 Å². The Morgan fingerprint density at radius 1 is 1.55 bits per heavy atom. The van der Waals surface area contributed by atoms with Crippen LogP contribution in [0.25, 0.3) is 0 Å². The van der Waals surface area contributed by atoms with E-state index in [1.165, 1.54) is 24.3 Å². The SMILES string of the molecule is CC(=O)c1cc([N+](=O)[O-])c(N2CCOC3CCCC32)s1. The van der Waals surface area contributed by atoms with Crippen LogP contribution in [0.4, 0.5) is 10.7 Å². The van der Waals surface area contributed by atoms with E-state index in [1.807, 2.05) is 0 Å². The minimum Gasteiger partial charge on any atom is -0.374 e. The first-order chi connectivity index (χ1) is 9.58. The van der Waals surface area contributed by atoms with Crippen LogP contribution in [-0.4, -0.2) is 36.0 Å². The van der Waals surface area contributed by atoms with E-state index in [9.17, 15) is 14.9 Å². The average molecular weight is 296 g/mol. The van der Waals surface area contributed by atoms with Gasteiger partial charge in [-0.3, -0.25) is 14.9 Å². The van der Waals surface area contributed by atoms with E-state index >= 15 is 0 Å². The number of fused-ring (bicyclic) bond motifs is 1. The molecular weight excluding hydrogens is 280 g/mol. The predicted octanol–water partition coefficient (Wildman–Crippen LogP) is 2.62. The lowest BCUT2D eigenvalue weighted by molar-refractivity contribution is -0.383. The fourth-order valence-corrected chi connectivity index (χ4v) is 4.16. The number of rotatable bonds is 3. The van der Waals surface area contributed by atoms with E-state index in [1.54, 1.807) is 0 Å². The number of anilines is 1. The highest BCUT2D eigenvalue weighted by atomic mass is 32.1. The summed E-state index contributed by atoms with van der Waals surface area (Å²) in [6.45, 7) is 2.68. The molecule has 0 radical (unpaired) electrons. The van der Waals surface area contributed by atoms with E-state index in [0.29, 0.717) is 23.0 Å². The molecule has 2 fully saturated rings. The summed E-state index contributed by atoms with van der Waals surface area (Å²) in [4.78, 5) is 24.9. The summed E-state index contributed by atoms with van der Waals surface area (Å²) in [6.07, 6.45) is 3.27. The Balaban J connectivity index is 1.99. The maximum atomic E-state index is 11.5. The quantitative estimate of drug-likeness (QED) is 0.487. The molecule has 1 saturated carbocycles. The number of hydrogen-bond acceptors (Lipinski definition) is 6. The van der Waals surface area contributed by atoms with Gasteiger partial charge in [0.25, 0.3) is 0 Å². The minimum absolute atomic E-state index is 0.0488. The Morgan fingerprint density at radius 3 is 3.05 bits per heavy atom. The number of thiophene rings is 1. The van der Waals surface area contributed by atoms with Gasteiger partial charge in [0.15, 0.2) is 10.8 Å². The molecule has 0 bridgehead atoms. The van der Waals surface area contributed by atoms with Crippen LogP contribution in [-0.2, 0) is 4.74 Å². The molecule has 0 N–H and O–H groups in total. The summed E-state index contributed by atoms with van der Waals surface area (Å²) in [5.41, 5.74) is 0.0488. The molecule has 3 rings (SSSR count). The van der Waals surface area contributed by atoms with Gasteiger partial charge in [0.1, 0.15) is 0 Å². The first kappa shape index (κ1) is 13.5. The zero-order chi connectivity index (χ0) is 14.3. The van der Waals surface area contributed by atoms with Gasteiger partial charge >= 0.3 is 5.69 Å². The standard InChI is InChI=1S/C13H16N2O4S/c1-8(16)12-7-10(15(17)18)13(20-12)14-5-6-19-11-4-2-3-9(11)14/h7,9,11H,2-6H2,1H3. The summed E-state index contributed by atoms with van der Waals surface area (Å²) in [5, 5.41) is 11.8. The molecule has 20 heavy (non-hydrogen) atoms. The zero-order valence-electron chi connectivity index (χ0n) is 11.2. The molecule has 1 saturated heterocycles. The van der Waals surface area contributed by atoms with Crippen molar-refractivity contribution < 1.29 is 14.5 Å². The number of nitrogens with zero attached hydrogens (tertiary/aromatic N) is 2. The van der Waals surface area contributed by atoms with Crippen LogP contribution in [0.2, 0.25) is 0 Å². The molecule has 7 heteroatoms. The highest BCUT2D eigenvalue weighted by Crippen LogP contribution is 2.42. The maximum Gasteiger partial charge on any atom is 0.304 e. The molecule has 1 aliphatic carbocycles. The second-order valence-electron chi connectivity index (χ2n) is 5.22. The summed E-state index contributed by atoms with van der Waals surface area (Å²) in [7, 11) is 0. The third-order valence-corrected chi connectivity index (χ3v) is 5.24. The van der Waals surface area contributed by atoms with E-state index in [2.05, 4.69) is 4.90 Å². The van der Waals surface area contributed by atoms with Gasteiger partial charge in [0, 0.05) is 12.6 Å². The van der Waals surface area contributed by atoms with Gasteiger partial charge in [-0.15, -0.1) is 11.3 Å².